The Morgan fingerprint density at radius 2 is 2.37 bits per heavy atom. The van der Waals surface area contributed by atoms with E-state index in [1.165, 1.54) is 25.1 Å². The van der Waals surface area contributed by atoms with Crippen LogP contribution in [0.2, 0.25) is 0 Å². The van der Waals surface area contributed by atoms with Crippen molar-refractivity contribution in [2.45, 2.75) is 58.7 Å². The molecule has 0 bridgehead atoms. The van der Waals surface area contributed by atoms with Crippen LogP contribution in [0.4, 0.5) is 0 Å². The van der Waals surface area contributed by atoms with E-state index in [1.807, 2.05) is 0 Å². The second kappa shape index (κ2) is 7.06. The van der Waals surface area contributed by atoms with Gasteiger partial charge in [0.25, 0.3) is 0 Å². The highest BCUT2D eigenvalue weighted by Crippen LogP contribution is 2.15. The molecule has 2 rings (SSSR count). The van der Waals surface area contributed by atoms with Gasteiger partial charge < -0.3 is 5.32 Å². The highest BCUT2D eigenvalue weighted by atomic mass is 15.3. The molecular formula is C15H28N4. The fourth-order valence-corrected chi connectivity index (χ4v) is 2.75. The van der Waals surface area contributed by atoms with Crippen LogP contribution in [0.15, 0.2) is 12.3 Å². The summed E-state index contributed by atoms with van der Waals surface area (Å²) in [7, 11) is 0. The first-order valence-electron chi connectivity index (χ1n) is 7.73. The van der Waals surface area contributed by atoms with E-state index in [4.69, 9.17) is 5.10 Å². The van der Waals surface area contributed by atoms with Crippen LogP contribution in [0.5, 0.6) is 0 Å². The zero-order valence-corrected chi connectivity index (χ0v) is 12.6. The highest BCUT2D eigenvalue weighted by Gasteiger charge is 2.20. The van der Waals surface area contributed by atoms with Crippen LogP contribution >= 0.6 is 0 Å². The first-order valence-corrected chi connectivity index (χ1v) is 7.73. The highest BCUT2D eigenvalue weighted by molar-refractivity contribution is 5.00. The maximum atomic E-state index is 4.72. The van der Waals surface area contributed by atoms with Crippen LogP contribution in [0.25, 0.3) is 0 Å². The van der Waals surface area contributed by atoms with E-state index in [2.05, 4.69) is 47.9 Å². The average molecular weight is 264 g/mol. The maximum absolute atomic E-state index is 4.72. The fraction of sp³-hybridized carbons (Fsp3) is 0.800. The van der Waals surface area contributed by atoms with E-state index in [1.54, 1.807) is 0 Å². The van der Waals surface area contributed by atoms with Crippen molar-refractivity contribution >= 4 is 0 Å². The van der Waals surface area contributed by atoms with Crippen molar-refractivity contribution in [3.8, 4) is 0 Å². The van der Waals surface area contributed by atoms with Gasteiger partial charge in [-0.15, -0.1) is 0 Å². The molecule has 2 atom stereocenters. The topological polar surface area (TPSA) is 33.1 Å². The van der Waals surface area contributed by atoms with Crippen LogP contribution in [-0.4, -0.2) is 40.4 Å². The molecule has 0 aliphatic carbocycles. The quantitative estimate of drug-likeness (QED) is 0.856. The maximum Gasteiger partial charge on any atom is 0.0765 e. The van der Waals surface area contributed by atoms with Gasteiger partial charge in [-0.25, -0.2) is 0 Å². The van der Waals surface area contributed by atoms with Gasteiger partial charge in [0.15, 0.2) is 0 Å². The summed E-state index contributed by atoms with van der Waals surface area (Å²) in [5.74, 6) is 0. The Labute approximate surface area is 117 Å². The smallest absolute Gasteiger partial charge is 0.0765 e. The van der Waals surface area contributed by atoms with Crippen molar-refractivity contribution < 1.29 is 0 Å². The molecule has 1 saturated heterocycles. The Bertz CT molecular complexity index is 368. The molecular weight excluding hydrogens is 236 g/mol. The van der Waals surface area contributed by atoms with Gasteiger partial charge in [0.05, 0.1) is 5.69 Å². The molecule has 19 heavy (non-hydrogen) atoms. The molecule has 1 N–H and O–H groups in total. The van der Waals surface area contributed by atoms with Crippen LogP contribution in [0.1, 0.15) is 51.8 Å². The molecule has 1 aliphatic heterocycles. The van der Waals surface area contributed by atoms with E-state index in [0.717, 1.165) is 26.1 Å². The second-order valence-electron chi connectivity index (χ2n) is 5.61. The second-order valence-corrected chi connectivity index (χ2v) is 5.61. The molecule has 108 valence electrons. The number of hydrogen-bond donors (Lipinski definition) is 1. The molecule has 4 nitrogen and oxygen atoms in total. The Kier molecular flexibility index (Phi) is 5.40. The standard InChI is InChI=1S/C15H28N4/c1-4-13(3)19-10-8-14(17-19)12-18(5-2)15-7-6-9-16-11-15/h8,10,13,15-16H,4-7,9,11-12H2,1-3H3. The summed E-state index contributed by atoms with van der Waals surface area (Å²) in [5.41, 5.74) is 1.20. The minimum Gasteiger partial charge on any atom is -0.315 e. The van der Waals surface area contributed by atoms with Gasteiger partial charge >= 0.3 is 0 Å². The van der Waals surface area contributed by atoms with E-state index in [9.17, 15) is 0 Å². The Hall–Kier alpha value is -0.870. The summed E-state index contributed by atoms with van der Waals surface area (Å²) in [6, 6.07) is 3.35. The number of nitrogens with zero attached hydrogens (tertiary/aromatic N) is 3. The SMILES string of the molecule is CCC(C)n1ccc(CN(CC)C2CCCNC2)n1. The molecule has 2 heterocycles. The van der Waals surface area contributed by atoms with Crippen LogP contribution in [0.3, 0.4) is 0 Å². The van der Waals surface area contributed by atoms with E-state index < -0.39 is 0 Å². The first kappa shape index (κ1) is 14.5. The van der Waals surface area contributed by atoms with Crippen LogP contribution < -0.4 is 5.32 Å². The monoisotopic (exact) mass is 264 g/mol. The summed E-state index contributed by atoms with van der Waals surface area (Å²) >= 11 is 0. The number of nitrogens with one attached hydrogen (secondary N) is 1. The molecule has 4 heteroatoms. The largest absolute Gasteiger partial charge is 0.315 e. The Morgan fingerprint density at radius 3 is 3.00 bits per heavy atom. The number of likely N-dealkylation sites (N-methyl/N-ethyl adjacent to an activating group) is 1. The van der Waals surface area contributed by atoms with Crippen molar-refractivity contribution in [3.05, 3.63) is 18.0 Å². The van der Waals surface area contributed by atoms with Crippen LogP contribution in [0, 0.1) is 0 Å². The number of hydrogen-bond acceptors (Lipinski definition) is 3. The summed E-state index contributed by atoms with van der Waals surface area (Å²) in [6.07, 6.45) is 5.86. The molecule has 1 aromatic heterocycles. The minimum atomic E-state index is 0.500. The molecule has 1 aromatic rings. The minimum absolute atomic E-state index is 0.500. The fourth-order valence-electron chi connectivity index (χ4n) is 2.75. The third-order valence-electron chi connectivity index (χ3n) is 4.26. The van der Waals surface area contributed by atoms with Gasteiger partial charge in [0, 0.05) is 31.4 Å². The lowest BCUT2D eigenvalue weighted by molar-refractivity contribution is 0.164. The van der Waals surface area contributed by atoms with Crippen molar-refractivity contribution in [2.24, 2.45) is 0 Å². The van der Waals surface area contributed by atoms with Crippen molar-refractivity contribution in [1.29, 1.82) is 0 Å². The summed E-state index contributed by atoms with van der Waals surface area (Å²) in [4.78, 5) is 2.55. The molecule has 0 spiro atoms. The van der Waals surface area contributed by atoms with E-state index in [0.29, 0.717) is 12.1 Å². The van der Waals surface area contributed by atoms with Crippen molar-refractivity contribution in [2.75, 3.05) is 19.6 Å². The lowest BCUT2D eigenvalue weighted by Gasteiger charge is -2.33. The average Bonchev–Trinajstić information content (AvgIpc) is 2.93. The van der Waals surface area contributed by atoms with Crippen LogP contribution in [-0.2, 0) is 6.54 Å². The first-order chi connectivity index (χ1) is 9.24. The van der Waals surface area contributed by atoms with E-state index in [-0.39, 0.29) is 0 Å². The third-order valence-corrected chi connectivity index (χ3v) is 4.26. The zero-order valence-electron chi connectivity index (χ0n) is 12.6. The summed E-state index contributed by atoms with van der Waals surface area (Å²) < 4.78 is 2.10. The van der Waals surface area contributed by atoms with Gasteiger partial charge in [0.1, 0.15) is 0 Å². The third kappa shape index (κ3) is 3.80. The van der Waals surface area contributed by atoms with Crippen molar-refractivity contribution in [1.82, 2.24) is 20.0 Å². The van der Waals surface area contributed by atoms with E-state index >= 15 is 0 Å². The van der Waals surface area contributed by atoms with Gasteiger partial charge in [-0.3, -0.25) is 9.58 Å². The molecule has 0 aromatic carbocycles. The molecule has 0 amide bonds. The lowest BCUT2D eigenvalue weighted by atomic mass is 10.1. The summed E-state index contributed by atoms with van der Waals surface area (Å²) in [6.45, 7) is 11.1. The predicted octanol–water partition coefficient (Wildman–Crippen LogP) is 2.43. The molecule has 1 fully saturated rings. The Balaban J connectivity index is 1.95. The number of aromatic nitrogens is 2. The van der Waals surface area contributed by atoms with Gasteiger partial charge in [-0.05, 0) is 45.3 Å². The Morgan fingerprint density at radius 1 is 1.53 bits per heavy atom. The van der Waals surface area contributed by atoms with Gasteiger partial charge in [-0.2, -0.15) is 5.10 Å². The zero-order chi connectivity index (χ0) is 13.7. The predicted molar refractivity (Wildman–Crippen MR) is 79.2 cm³/mol. The normalized spacial score (nSPS) is 21.8. The van der Waals surface area contributed by atoms with Gasteiger partial charge in [0.2, 0.25) is 0 Å². The molecule has 0 saturated carbocycles. The summed E-state index contributed by atoms with van der Waals surface area (Å²) in [5, 5.41) is 8.22. The molecule has 0 radical (unpaired) electrons. The molecule has 1 aliphatic rings. The van der Waals surface area contributed by atoms with Crippen molar-refractivity contribution in [3.63, 3.8) is 0 Å². The van der Waals surface area contributed by atoms with Gasteiger partial charge in [-0.1, -0.05) is 13.8 Å². The number of rotatable bonds is 6. The number of piperidine rings is 1. The lowest BCUT2D eigenvalue weighted by Crippen LogP contribution is -2.45. The molecule has 2 unspecified atom stereocenters.